The number of hydrogen-bond donors (Lipinski definition) is 0. The number of benzene rings is 3. The van der Waals surface area contributed by atoms with Crippen molar-refractivity contribution in [1.82, 2.24) is 0 Å². The number of hydrogen-bond acceptors (Lipinski definition) is 0. The Bertz CT molecular complexity index is 792. The lowest BCUT2D eigenvalue weighted by Gasteiger charge is -2.30. The molecule has 3 aromatic carbocycles. The van der Waals surface area contributed by atoms with Crippen LogP contribution in [0.3, 0.4) is 0 Å². The molecule has 0 aromatic heterocycles. The predicted molar refractivity (Wildman–Crippen MR) is 132 cm³/mol. The fourth-order valence-electron chi connectivity index (χ4n) is 3.91. The summed E-state index contributed by atoms with van der Waals surface area (Å²) in [5.41, 5.74) is 2.05. The van der Waals surface area contributed by atoms with Crippen molar-refractivity contribution in [2.24, 2.45) is 5.41 Å². The minimum absolute atomic E-state index is 0. The molecule has 0 unspecified atom stereocenters. The van der Waals surface area contributed by atoms with Gasteiger partial charge in [0.15, 0.2) is 0 Å². The van der Waals surface area contributed by atoms with E-state index in [9.17, 15) is 0 Å². The van der Waals surface area contributed by atoms with E-state index in [0.29, 0.717) is 5.41 Å². The zero-order valence-corrected chi connectivity index (χ0v) is 21.0. The fraction of sp³-hybridized carbons (Fsp3) is 0.286. The van der Waals surface area contributed by atoms with Crippen LogP contribution in [0.15, 0.2) is 103 Å². The normalized spacial score (nSPS) is 15.4. The van der Waals surface area contributed by atoms with Gasteiger partial charge in [-0.3, -0.25) is 0 Å². The van der Waals surface area contributed by atoms with E-state index in [1.807, 2.05) is 0 Å². The Morgan fingerprint density at radius 2 is 0.933 bits per heavy atom. The van der Waals surface area contributed by atoms with Crippen LogP contribution < -0.4 is 32.9 Å². The second-order valence-corrected chi connectivity index (χ2v) is 12.5. The van der Waals surface area contributed by atoms with Crippen molar-refractivity contribution < 1.29 is 17.0 Å². The average molecular weight is 481 g/mol. The lowest BCUT2D eigenvalue weighted by molar-refractivity contribution is -0.00000638. The van der Waals surface area contributed by atoms with Crippen molar-refractivity contribution in [3.8, 4) is 0 Å². The molecule has 1 aliphatic rings. The zero-order valence-electron chi connectivity index (χ0n) is 18.5. The lowest BCUT2D eigenvalue weighted by atomic mass is 9.76. The summed E-state index contributed by atoms with van der Waals surface area (Å²) in [6.07, 6.45) is 5.19. The highest BCUT2D eigenvalue weighted by Crippen LogP contribution is 2.51. The first-order valence-corrected chi connectivity index (χ1v) is 12.9. The van der Waals surface area contributed by atoms with E-state index in [0.717, 1.165) is 0 Å². The van der Waals surface area contributed by atoms with Crippen LogP contribution in [0.2, 0.25) is 0 Å². The van der Waals surface area contributed by atoms with Crippen LogP contribution >= 0.6 is 7.26 Å². The summed E-state index contributed by atoms with van der Waals surface area (Å²) in [5, 5.41) is 4.28. The van der Waals surface area contributed by atoms with Crippen LogP contribution in [-0.4, -0.2) is 6.66 Å². The molecule has 0 bridgehead atoms. The summed E-state index contributed by atoms with van der Waals surface area (Å²) in [6, 6.07) is 32.6. The smallest absolute Gasteiger partial charge is 0.109 e. The van der Waals surface area contributed by atoms with Gasteiger partial charge in [0.25, 0.3) is 0 Å². The summed E-state index contributed by atoms with van der Waals surface area (Å²) in [4.78, 5) is 0. The third-order valence-corrected chi connectivity index (χ3v) is 10.1. The summed E-state index contributed by atoms with van der Waals surface area (Å²) in [5.74, 6) is 0. The Morgan fingerprint density at radius 3 is 1.20 bits per heavy atom. The van der Waals surface area contributed by atoms with Gasteiger partial charge in [0.2, 0.25) is 0 Å². The second-order valence-electron chi connectivity index (χ2n) is 8.93. The van der Waals surface area contributed by atoms with Crippen molar-refractivity contribution in [3.63, 3.8) is 0 Å². The van der Waals surface area contributed by atoms with E-state index in [2.05, 4.69) is 118 Å². The highest BCUT2D eigenvalue weighted by Gasteiger charge is 2.39. The van der Waals surface area contributed by atoms with Gasteiger partial charge in [-0.25, -0.2) is 0 Å². The van der Waals surface area contributed by atoms with Gasteiger partial charge in [-0.05, 0) is 67.5 Å². The second kappa shape index (κ2) is 11.1. The molecule has 0 heterocycles. The summed E-state index contributed by atoms with van der Waals surface area (Å²) in [6.45, 7) is 11.1. The summed E-state index contributed by atoms with van der Waals surface area (Å²) < 4.78 is 0. The number of rotatable bonds is 3. The van der Waals surface area contributed by atoms with Crippen molar-refractivity contribution >= 4 is 23.2 Å². The third kappa shape index (κ3) is 6.16. The van der Waals surface area contributed by atoms with E-state index in [1.54, 1.807) is 0 Å². The van der Waals surface area contributed by atoms with Crippen LogP contribution in [-0.2, 0) is 0 Å². The molecule has 1 saturated carbocycles. The first-order chi connectivity index (χ1) is 13.9. The quantitative estimate of drug-likeness (QED) is 0.395. The van der Waals surface area contributed by atoms with Gasteiger partial charge in [-0.2, -0.15) is 0 Å². The first kappa shape index (κ1) is 24.6. The van der Waals surface area contributed by atoms with Crippen LogP contribution in [0.5, 0.6) is 0 Å². The van der Waals surface area contributed by atoms with Crippen LogP contribution in [0.1, 0.15) is 39.5 Å². The van der Waals surface area contributed by atoms with E-state index in [4.69, 9.17) is 0 Å². The summed E-state index contributed by atoms with van der Waals surface area (Å²) >= 11 is 0. The molecular weight excluding hydrogens is 447 g/mol. The molecule has 1 aliphatic carbocycles. The Balaban J connectivity index is 0.000000272. The lowest BCUT2D eigenvalue weighted by Crippen LogP contribution is -3.00. The Labute approximate surface area is 194 Å². The molecule has 3 aromatic rings. The topological polar surface area (TPSA) is 0 Å². The monoisotopic (exact) mass is 480 g/mol. The molecule has 4 rings (SSSR count). The van der Waals surface area contributed by atoms with Crippen molar-refractivity contribution in [2.45, 2.75) is 39.5 Å². The van der Waals surface area contributed by atoms with Crippen LogP contribution in [0.4, 0.5) is 0 Å². The molecule has 0 N–H and O–H groups in total. The van der Waals surface area contributed by atoms with Gasteiger partial charge in [-0.1, -0.05) is 80.6 Å². The maximum Gasteiger partial charge on any atom is 0.109 e. The van der Waals surface area contributed by atoms with Gasteiger partial charge < -0.3 is 17.0 Å². The molecule has 158 valence electrons. The number of halogens is 1. The highest BCUT2D eigenvalue weighted by atomic mass is 79.9. The van der Waals surface area contributed by atoms with Crippen molar-refractivity contribution in [2.75, 3.05) is 6.66 Å². The highest BCUT2D eigenvalue weighted by molar-refractivity contribution is 7.95. The largest absolute Gasteiger partial charge is 1.00 e. The zero-order chi connectivity index (χ0) is 20.7. The molecule has 30 heavy (non-hydrogen) atoms. The molecule has 0 saturated heterocycles. The van der Waals surface area contributed by atoms with E-state index in [-0.39, 0.29) is 17.0 Å². The van der Waals surface area contributed by atoms with Gasteiger partial charge in [0.05, 0.1) is 6.66 Å². The summed E-state index contributed by atoms with van der Waals surface area (Å²) in [7, 11) is -1.53. The number of allylic oxidation sites excluding steroid dienone is 1. The van der Waals surface area contributed by atoms with Gasteiger partial charge in [0.1, 0.15) is 23.2 Å². The third-order valence-electron chi connectivity index (χ3n) is 6.13. The van der Waals surface area contributed by atoms with Crippen LogP contribution in [0, 0.1) is 5.41 Å². The first-order valence-electron chi connectivity index (χ1n) is 10.6. The standard InChI is InChI=1S/C19H18P.C9H16.BrH/c1-20(17-11-5-2-6-12-17,18-13-7-3-8-14-18)19-15-9-4-10-16-19;1-8-4-6-9(2,3)7-5-8;/h2-16H,1H3;1,4-7H2,2-3H3;1H/q+1;;/p-1. The molecule has 1 fully saturated rings. The maximum absolute atomic E-state index is 3.98. The maximum atomic E-state index is 3.98. The molecule has 2 heteroatoms. The average Bonchev–Trinajstić information content (AvgIpc) is 2.77. The molecular formula is C28H34BrP. The van der Waals surface area contributed by atoms with Gasteiger partial charge in [-0.15, -0.1) is 0 Å². The minimum Gasteiger partial charge on any atom is -1.00 e. The predicted octanol–water partition coefficient (Wildman–Crippen LogP) is 3.76. The molecule has 0 spiro atoms. The van der Waals surface area contributed by atoms with Gasteiger partial charge >= 0.3 is 0 Å². The van der Waals surface area contributed by atoms with Crippen molar-refractivity contribution in [1.29, 1.82) is 0 Å². The Hall–Kier alpha value is -1.69. The molecule has 0 radical (unpaired) electrons. The molecule has 0 atom stereocenters. The molecule has 0 amide bonds. The Kier molecular flexibility index (Phi) is 9.08. The van der Waals surface area contributed by atoms with Crippen molar-refractivity contribution in [3.05, 3.63) is 103 Å². The van der Waals surface area contributed by atoms with E-state index >= 15 is 0 Å². The van der Waals surface area contributed by atoms with E-state index < -0.39 is 7.26 Å². The Morgan fingerprint density at radius 1 is 0.633 bits per heavy atom. The van der Waals surface area contributed by atoms with E-state index in [1.165, 1.54) is 47.2 Å². The molecule has 0 aliphatic heterocycles. The molecule has 0 nitrogen and oxygen atoms in total. The fourth-order valence-corrected chi connectivity index (χ4v) is 7.11. The van der Waals surface area contributed by atoms with Crippen LogP contribution in [0.25, 0.3) is 0 Å². The SMILES string of the molecule is C=C1CCC(C)(C)CC1.C[P+](c1ccccc1)(c1ccccc1)c1ccccc1.[Br-]. The minimum atomic E-state index is -1.53. The van der Waals surface area contributed by atoms with Gasteiger partial charge in [0, 0.05) is 0 Å².